The van der Waals surface area contributed by atoms with Crippen LogP contribution in [-0.2, 0) is 15.9 Å². The van der Waals surface area contributed by atoms with Crippen LogP contribution in [0.15, 0.2) is 42.5 Å². The summed E-state index contributed by atoms with van der Waals surface area (Å²) in [6.07, 6.45) is -5.43. The summed E-state index contributed by atoms with van der Waals surface area (Å²) in [6, 6.07) is 13.8. The van der Waals surface area contributed by atoms with Gasteiger partial charge in [0.25, 0.3) is 0 Å². The van der Waals surface area contributed by atoms with Gasteiger partial charge in [0.2, 0.25) is 0 Å². The van der Waals surface area contributed by atoms with E-state index in [-0.39, 0.29) is 0 Å². The van der Waals surface area contributed by atoms with E-state index < -0.39 is 37.1 Å². The SMILES string of the molecule is OC[C@H]1O[C@@H](c2ccc(Cl)c(Cc3ccc(OCC4CN(C5COC5)C4)cc3)c2)[C@H](O)[C@@H](O)[C@@H]1O. The molecule has 3 heterocycles. The van der Waals surface area contributed by atoms with Gasteiger partial charge in [0.1, 0.15) is 36.3 Å². The third kappa shape index (κ3) is 5.35. The van der Waals surface area contributed by atoms with Gasteiger partial charge >= 0.3 is 0 Å². The van der Waals surface area contributed by atoms with Gasteiger partial charge in [0.05, 0.1) is 32.5 Å². The number of halogens is 1. The molecule has 0 aliphatic carbocycles. The first kappa shape index (κ1) is 24.9. The predicted molar refractivity (Wildman–Crippen MR) is 129 cm³/mol. The molecule has 0 radical (unpaired) electrons. The van der Waals surface area contributed by atoms with Crippen molar-refractivity contribution in [3.05, 3.63) is 64.2 Å². The van der Waals surface area contributed by atoms with E-state index in [1.165, 1.54) is 0 Å². The summed E-state index contributed by atoms with van der Waals surface area (Å²) in [6.45, 7) is 4.07. The van der Waals surface area contributed by atoms with Gasteiger partial charge in [0, 0.05) is 24.0 Å². The molecule has 4 N–H and O–H groups in total. The highest BCUT2D eigenvalue weighted by Gasteiger charge is 2.44. The molecule has 3 fully saturated rings. The van der Waals surface area contributed by atoms with Gasteiger partial charge in [-0.15, -0.1) is 0 Å². The van der Waals surface area contributed by atoms with E-state index in [1.807, 2.05) is 30.3 Å². The Bertz CT molecular complexity index is 994. The molecule has 5 rings (SSSR count). The molecule has 3 saturated heterocycles. The van der Waals surface area contributed by atoms with Gasteiger partial charge in [-0.05, 0) is 41.3 Å². The van der Waals surface area contributed by atoms with E-state index in [0.717, 1.165) is 43.2 Å². The predicted octanol–water partition coefficient (Wildman–Crippen LogP) is 1.16. The Morgan fingerprint density at radius 1 is 0.971 bits per heavy atom. The minimum atomic E-state index is -1.42. The quantitative estimate of drug-likeness (QED) is 0.423. The Morgan fingerprint density at radius 3 is 2.37 bits per heavy atom. The average molecular weight is 506 g/mol. The first-order chi connectivity index (χ1) is 16.9. The summed E-state index contributed by atoms with van der Waals surface area (Å²) in [4.78, 5) is 2.45. The lowest BCUT2D eigenvalue weighted by molar-refractivity contribution is -0.231. The maximum Gasteiger partial charge on any atom is 0.119 e. The highest BCUT2D eigenvalue weighted by molar-refractivity contribution is 6.31. The van der Waals surface area contributed by atoms with Crippen molar-refractivity contribution < 1.29 is 34.6 Å². The minimum Gasteiger partial charge on any atom is -0.493 e. The van der Waals surface area contributed by atoms with Crippen LogP contribution in [0.2, 0.25) is 5.02 Å². The molecular weight excluding hydrogens is 474 g/mol. The molecule has 0 spiro atoms. The van der Waals surface area contributed by atoms with Gasteiger partial charge in [-0.1, -0.05) is 35.9 Å². The van der Waals surface area contributed by atoms with Crippen molar-refractivity contribution in [1.29, 1.82) is 0 Å². The molecule has 0 saturated carbocycles. The zero-order chi connectivity index (χ0) is 24.5. The number of aliphatic hydroxyl groups is 4. The Morgan fingerprint density at radius 2 is 1.71 bits per heavy atom. The van der Waals surface area contributed by atoms with Crippen molar-refractivity contribution in [3.8, 4) is 5.75 Å². The van der Waals surface area contributed by atoms with E-state index >= 15 is 0 Å². The third-order valence-corrected chi connectivity index (χ3v) is 7.59. The second kappa shape index (κ2) is 10.7. The molecule has 2 aromatic rings. The lowest BCUT2D eigenvalue weighted by Crippen LogP contribution is -2.60. The average Bonchev–Trinajstić information content (AvgIpc) is 2.80. The van der Waals surface area contributed by atoms with Crippen LogP contribution in [0.1, 0.15) is 22.8 Å². The van der Waals surface area contributed by atoms with Crippen LogP contribution in [0, 0.1) is 5.92 Å². The molecule has 0 bridgehead atoms. The number of aliphatic hydroxyl groups excluding tert-OH is 4. The first-order valence-corrected chi connectivity index (χ1v) is 12.4. The standard InChI is InChI=1S/C26H32ClNO7/c27-21-6-3-17(26-25(32)24(31)23(30)22(11-29)35-26)8-18(21)7-15-1-4-20(5-2-15)34-12-16-9-28(10-16)19-13-33-14-19/h1-6,8,16,19,22-26,29-32H,7,9-14H2/t22-,23-,24+,25-,26+/m1/s1. The molecule has 35 heavy (non-hydrogen) atoms. The number of hydrogen-bond donors (Lipinski definition) is 4. The van der Waals surface area contributed by atoms with Crippen LogP contribution in [0.4, 0.5) is 0 Å². The Balaban J connectivity index is 1.19. The van der Waals surface area contributed by atoms with Crippen LogP contribution in [0.5, 0.6) is 5.75 Å². The molecule has 8 nitrogen and oxygen atoms in total. The highest BCUT2D eigenvalue weighted by atomic mass is 35.5. The van der Waals surface area contributed by atoms with Crippen LogP contribution < -0.4 is 4.74 Å². The molecule has 0 amide bonds. The zero-order valence-electron chi connectivity index (χ0n) is 19.4. The first-order valence-electron chi connectivity index (χ1n) is 12.1. The molecule has 2 aromatic carbocycles. The van der Waals surface area contributed by atoms with Gasteiger partial charge in [0.15, 0.2) is 0 Å². The van der Waals surface area contributed by atoms with Crippen molar-refractivity contribution in [2.75, 3.05) is 39.5 Å². The largest absolute Gasteiger partial charge is 0.493 e. The van der Waals surface area contributed by atoms with Crippen molar-refractivity contribution in [2.24, 2.45) is 5.92 Å². The molecule has 190 valence electrons. The lowest BCUT2D eigenvalue weighted by atomic mass is 9.90. The van der Waals surface area contributed by atoms with E-state index in [4.69, 9.17) is 25.8 Å². The molecule has 3 aliphatic rings. The number of benzene rings is 2. The maximum atomic E-state index is 10.5. The number of ether oxygens (including phenoxy) is 3. The lowest BCUT2D eigenvalue weighted by Gasteiger charge is -2.47. The van der Waals surface area contributed by atoms with E-state index in [2.05, 4.69) is 4.90 Å². The maximum absolute atomic E-state index is 10.5. The molecular formula is C26H32ClNO7. The summed E-state index contributed by atoms with van der Waals surface area (Å²) < 4.78 is 16.9. The fourth-order valence-electron chi connectivity index (χ4n) is 4.87. The summed E-state index contributed by atoms with van der Waals surface area (Å²) in [7, 11) is 0. The zero-order valence-corrected chi connectivity index (χ0v) is 20.1. The van der Waals surface area contributed by atoms with Gasteiger partial charge in [-0.25, -0.2) is 0 Å². The van der Waals surface area contributed by atoms with Crippen LogP contribution >= 0.6 is 11.6 Å². The van der Waals surface area contributed by atoms with Crippen molar-refractivity contribution in [2.45, 2.75) is 43.0 Å². The van der Waals surface area contributed by atoms with Crippen molar-refractivity contribution in [1.82, 2.24) is 4.90 Å². The van der Waals surface area contributed by atoms with Gasteiger partial charge in [-0.2, -0.15) is 0 Å². The minimum absolute atomic E-state index is 0.467. The van der Waals surface area contributed by atoms with Gasteiger partial charge in [-0.3, -0.25) is 4.90 Å². The molecule has 5 atom stereocenters. The molecule has 3 aliphatic heterocycles. The second-order valence-corrected chi connectivity index (χ2v) is 10.2. The topological polar surface area (TPSA) is 112 Å². The fourth-order valence-corrected chi connectivity index (χ4v) is 5.05. The summed E-state index contributed by atoms with van der Waals surface area (Å²) in [5.41, 5.74) is 2.50. The normalized spacial score (nSPS) is 30.0. The van der Waals surface area contributed by atoms with Crippen LogP contribution in [-0.4, -0.2) is 95.3 Å². The monoisotopic (exact) mass is 505 g/mol. The van der Waals surface area contributed by atoms with E-state index in [9.17, 15) is 20.4 Å². The van der Waals surface area contributed by atoms with Gasteiger partial charge < -0.3 is 34.6 Å². The number of nitrogens with zero attached hydrogens (tertiary/aromatic N) is 1. The third-order valence-electron chi connectivity index (χ3n) is 7.22. The molecule has 0 unspecified atom stereocenters. The number of hydrogen-bond acceptors (Lipinski definition) is 8. The summed E-state index contributed by atoms with van der Waals surface area (Å²) in [5.74, 6) is 1.39. The van der Waals surface area contributed by atoms with Crippen molar-refractivity contribution >= 4 is 11.6 Å². The summed E-state index contributed by atoms with van der Waals surface area (Å²) in [5, 5.41) is 40.7. The van der Waals surface area contributed by atoms with Crippen molar-refractivity contribution in [3.63, 3.8) is 0 Å². The fraction of sp³-hybridized carbons (Fsp3) is 0.538. The second-order valence-electron chi connectivity index (χ2n) is 9.74. The molecule has 0 aromatic heterocycles. The Labute approximate surface area is 209 Å². The van der Waals surface area contributed by atoms with E-state index in [1.54, 1.807) is 12.1 Å². The molecule has 9 heteroatoms. The summed E-state index contributed by atoms with van der Waals surface area (Å²) >= 11 is 6.45. The Kier molecular flexibility index (Phi) is 7.62. The number of rotatable bonds is 8. The highest BCUT2D eigenvalue weighted by Crippen LogP contribution is 2.34. The number of likely N-dealkylation sites (tertiary alicyclic amines) is 1. The van der Waals surface area contributed by atoms with Crippen LogP contribution in [0.25, 0.3) is 0 Å². The Hall–Kier alpha value is -1.75. The smallest absolute Gasteiger partial charge is 0.119 e. The van der Waals surface area contributed by atoms with E-state index in [0.29, 0.717) is 35.6 Å². The van der Waals surface area contributed by atoms with Crippen LogP contribution in [0.3, 0.4) is 0 Å².